The van der Waals surface area contributed by atoms with E-state index >= 15 is 0 Å². The smallest absolute Gasteiger partial charge is 0.333 e. The van der Waals surface area contributed by atoms with Crippen molar-refractivity contribution < 1.29 is 13.5 Å². The summed E-state index contributed by atoms with van der Waals surface area (Å²) >= 11 is 3.16. The Morgan fingerprint density at radius 2 is 2.27 bits per heavy atom. The second-order valence-electron chi connectivity index (χ2n) is 3.19. The average molecular weight is 283 g/mol. The minimum atomic E-state index is -2.63. The zero-order chi connectivity index (χ0) is 11.4. The molecule has 3 nitrogen and oxygen atoms in total. The molecule has 1 heterocycles. The maximum absolute atomic E-state index is 12.5. The predicted octanol–water partition coefficient (Wildman–Crippen LogP) is 3.36. The third-order valence-electron chi connectivity index (χ3n) is 2.11. The molecule has 0 bridgehead atoms. The zero-order valence-corrected chi connectivity index (χ0v) is 10.2. The number of alkyl halides is 2. The van der Waals surface area contributed by atoms with Gasteiger partial charge in [-0.1, -0.05) is 6.92 Å². The summed E-state index contributed by atoms with van der Waals surface area (Å²) in [6.45, 7) is 1.38. The molecule has 0 saturated heterocycles. The normalized spacial score (nSPS) is 13.5. The van der Waals surface area contributed by atoms with Crippen LogP contribution in [0.1, 0.15) is 32.5 Å². The Kier molecular flexibility index (Phi) is 4.66. The highest BCUT2D eigenvalue weighted by molar-refractivity contribution is 9.10. The van der Waals surface area contributed by atoms with Crippen LogP contribution in [0.15, 0.2) is 10.7 Å². The van der Waals surface area contributed by atoms with Crippen molar-refractivity contribution in [3.05, 3.63) is 16.4 Å². The number of hydrogen-bond donors (Lipinski definition) is 0. The molecule has 1 atom stereocenters. The molecule has 0 aliphatic rings. The van der Waals surface area contributed by atoms with Gasteiger partial charge < -0.3 is 4.74 Å². The van der Waals surface area contributed by atoms with E-state index in [0.717, 1.165) is 6.42 Å². The van der Waals surface area contributed by atoms with Crippen LogP contribution in [0.25, 0.3) is 0 Å². The van der Waals surface area contributed by atoms with Crippen molar-refractivity contribution in [2.75, 3.05) is 0 Å². The molecule has 0 aromatic carbocycles. The van der Waals surface area contributed by atoms with Gasteiger partial charge in [0.15, 0.2) is 0 Å². The Morgan fingerprint density at radius 3 is 2.80 bits per heavy atom. The second kappa shape index (κ2) is 5.55. The molecule has 0 unspecified atom stereocenters. The van der Waals surface area contributed by atoms with E-state index in [0.29, 0.717) is 14.8 Å². The van der Waals surface area contributed by atoms with E-state index in [1.54, 1.807) is 0 Å². The van der Waals surface area contributed by atoms with Crippen molar-refractivity contribution in [1.29, 1.82) is 0 Å². The van der Waals surface area contributed by atoms with Gasteiger partial charge in [-0.3, -0.25) is 0 Å². The van der Waals surface area contributed by atoms with E-state index in [-0.39, 0.29) is 12.7 Å². The Bertz CT molecular complexity index is 317. The first kappa shape index (κ1) is 12.6. The van der Waals surface area contributed by atoms with Gasteiger partial charge in [-0.2, -0.15) is 13.9 Å². The molecule has 0 N–H and O–H groups in total. The summed E-state index contributed by atoms with van der Waals surface area (Å²) in [5.41, 5.74) is 0.366. The SMILES string of the molecule is CC[C@@H](C)OCc1c(Br)cnn1C(F)F. The van der Waals surface area contributed by atoms with Crippen LogP contribution in [0, 0.1) is 0 Å². The Morgan fingerprint density at radius 1 is 1.60 bits per heavy atom. The summed E-state index contributed by atoms with van der Waals surface area (Å²) < 4.78 is 31.5. The van der Waals surface area contributed by atoms with E-state index in [4.69, 9.17) is 4.74 Å². The molecular weight excluding hydrogens is 270 g/mol. The average Bonchev–Trinajstić information content (AvgIpc) is 2.56. The van der Waals surface area contributed by atoms with Crippen LogP contribution < -0.4 is 0 Å². The highest BCUT2D eigenvalue weighted by atomic mass is 79.9. The van der Waals surface area contributed by atoms with Gasteiger partial charge in [0, 0.05) is 0 Å². The molecule has 0 spiro atoms. The van der Waals surface area contributed by atoms with Crippen molar-refractivity contribution in [1.82, 2.24) is 9.78 Å². The maximum Gasteiger partial charge on any atom is 0.333 e. The van der Waals surface area contributed by atoms with Gasteiger partial charge >= 0.3 is 6.55 Å². The highest BCUT2D eigenvalue weighted by Gasteiger charge is 2.16. The maximum atomic E-state index is 12.5. The molecular formula is C9H13BrF2N2O. The van der Waals surface area contributed by atoms with E-state index in [1.807, 2.05) is 13.8 Å². The standard InChI is InChI=1S/C9H13BrF2N2O/c1-3-6(2)15-5-8-7(10)4-13-14(8)9(11)12/h4,6,9H,3,5H2,1-2H3/t6-/m1/s1. The summed E-state index contributed by atoms with van der Waals surface area (Å²) in [4.78, 5) is 0. The van der Waals surface area contributed by atoms with Gasteiger partial charge in [0.1, 0.15) is 0 Å². The highest BCUT2D eigenvalue weighted by Crippen LogP contribution is 2.22. The van der Waals surface area contributed by atoms with E-state index in [2.05, 4.69) is 21.0 Å². The number of nitrogens with zero attached hydrogens (tertiary/aromatic N) is 2. The minimum absolute atomic E-state index is 0.0536. The van der Waals surface area contributed by atoms with Crippen LogP contribution in [-0.2, 0) is 11.3 Å². The molecule has 86 valence electrons. The second-order valence-corrected chi connectivity index (χ2v) is 4.05. The lowest BCUT2D eigenvalue weighted by Gasteiger charge is -2.12. The molecule has 1 aromatic rings. The molecule has 0 fully saturated rings. The molecule has 15 heavy (non-hydrogen) atoms. The molecule has 0 radical (unpaired) electrons. The lowest BCUT2D eigenvalue weighted by molar-refractivity contribution is 0.0215. The summed E-state index contributed by atoms with van der Waals surface area (Å²) in [6, 6.07) is 0. The van der Waals surface area contributed by atoms with Gasteiger partial charge in [0.2, 0.25) is 0 Å². The number of halogens is 3. The first-order valence-electron chi connectivity index (χ1n) is 4.67. The van der Waals surface area contributed by atoms with Crippen LogP contribution in [-0.4, -0.2) is 15.9 Å². The quantitative estimate of drug-likeness (QED) is 0.828. The third kappa shape index (κ3) is 3.24. The van der Waals surface area contributed by atoms with Crippen molar-refractivity contribution >= 4 is 15.9 Å². The van der Waals surface area contributed by atoms with Gasteiger partial charge in [-0.05, 0) is 29.3 Å². The van der Waals surface area contributed by atoms with E-state index in [1.165, 1.54) is 6.20 Å². The molecule has 0 aliphatic carbocycles. The Labute approximate surface area is 95.5 Å². The number of hydrogen-bond acceptors (Lipinski definition) is 2. The van der Waals surface area contributed by atoms with Crippen LogP contribution in [0.5, 0.6) is 0 Å². The van der Waals surface area contributed by atoms with Crippen LogP contribution >= 0.6 is 15.9 Å². The largest absolute Gasteiger partial charge is 0.372 e. The van der Waals surface area contributed by atoms with E-state index in [9.17, 15) is 8.78 Å². The predicted molar refractivity (Wildman–Crippen MR) is 55.7 cm³/mol. The fourth-order valence-corrected chi connectivity index (χ4v) is 1.40. The van der Waals surface area contributed by atoms with Gasteiger partial charge in [0.25, 0.3) is 0 Å². The fraction of sp³-hybridized carbons (Fsp3) is 0.667. The van der Waals surface area contributed by atoms with Crippen LogP contribution in [0.4, 0.5) is 8.78 Å². The zero-order valence-electron chi connectivity index (χ0n) is 8.58. The van der Waals surface area contributed by atoms with Crippen molar-refractivity contribution in [2.45, 2.75) is 39.5 Å². The summed E-state index contributed by atoms with van der Waals surface area (Å²) in [7, 11) is 0. The van der Waals surface area contributed by atoms with Gasteiger partial charge in [-0.25, -0.2) is 4.68 Å². The van der Waals surface area contributed by atoms with Gasteiger partial charge in [0.05, 0.1) is 29.1 Å². The van der Waals surface area contributed by atoms with Crippen LogP contribution in [0.3, 0.4) is 0 Å². The Balaban J connectivity index is 2.70. The topological polar surface area (TPSA) is 27.1 Å². The minimum Gasteiger partial charge on any atom is -0.372 e. The lowest BCUT2D eigenvalue weighted by atomic mass is 10.3. The van der Waals surface area contributed by atoms with Crippen LogP contribution in [0.2, 0.25) is 0 Å². The first-order valence-corrected chi connectivity index (χ1v) is 5.47. The molecule has 6 heteroatoms. The van der Waals surface area contributed by atoms with Gasteiger partial charge in [-0.15, -0.1) is 0 Å². The van der Waals surface area contributed by atoms with E-state index < -0.39 is 6.55 Å². The monoisotopic (exact) mass is 282 g/mol. The van der Waals surface area contributed by atoms with Crippen molar-refractivity contribution in [3.63, 3.8) is 0 Å². The summed E-state index contributed by atoms with van der Waals surface area (Å²) in [5, 5.41) is 3.56. The fourth-order valence-electron chi connectivity index (χ4n) is 1.01. The molecule has 0 amide bonds. The molecule has 0 aliphatic heterocycles. The number of rotatable bonds is 5. The Hall–Kier alpha value is -0.490. The molecule has 1 rings (SSSR count). The number of aromatic nitrogens is 2. The summed E-state index contributed by atoms with van der Waals surface area (Å²) in [6.07, 6.45) is 2.25. The number of ether oxygens (including phenoxy) is 1. The third-order valence-corrected chi connectivity index (χ3v) is 2.77. The summed E-state index contributed by atoms with van der Waals surface area (Å²) in [5.74, 6) is 0. The molecule has 1 aromatic heterocycles. The molecule has 0 saturated carbocycles. The van der Waals surface area contributed by atoms with Crippen molar-refractivity contribution in [3.8, 4) is 0 Å². The first-order chi connectivity index (χ1) is 7.06. The van der Waals surface area contributed by atoms with Crippen molar-refractivity contribution in [2.24, 2.45) is 0 Å². The lowest BCUT2D eigenvalue weighted by Crippen LogP contribution is -2.11.